The highest BCUT2D eigenvalue weighted by molar-refractivity contribution is 7.87. The van der Waals surface area contributed by atoms with E-state index >= 15 is 0 Å². The quantitative estimate of drug-likeness (QED) is 0.0913. The largest absolute Gasteiger partial charge is 0.465 e. The van der Waals surface area contributed by atoms with Crippen LogP contribution in [0.5, 0.6) is 0 Å². The maximum absolute atomic E-state index is 13.0. The molecule has 0 aromatic heterocycles. The first-order chi connectivity index (χ1) is 19.8. The molecule has 0 spiro atoms. The van der Waals surface area contributed by atoms with Gasteiger partial charge < -0.3 is 16.2 Å². The number of methoxy groups -OCH3 is 1. The molecule has 0 radical (unpaired) electrons. The van der Waals surface area contributed by atoms with Crippen LogP contribution >= 0.6 is 0 Å². The first-order valence-corrected chi connectivity index (χ1v) is 13.3. The monoisotopic (exact) mass is 572 g/mol. The molecule has 14 heteroatoms. The summed E-state index contributed by atoms with van der Waals surface area (Å²) in [5.74, 6) is -0.899. The Balaban J connectivity index is 1.98. The number of anilines is 2. The standard InChI is InChI=1S/C27H24N8O5S/c1-39-27(36)21-24(33-30-17-11-5-3-6-12-17)22(28)26(35-31-18-13-7-4-8-14-18)23(29)25(21)34-32-19-15-9-10-16-20(19)41(37,38)40-2/h3-16H,28-29H2,1-2H3. The summed E-state index contributed by atoms with van der Waals surface area (Å²) in [4.78, 5) is 12.8. The van der Waals surface area contributed by atoms with Gasteiger partial charge in [-0.15, -0.1) is 20.5 Å². The van der Waals surface area contributed by atoms with Gasteiger partial charge in [0.1, 0.15) is 33.2 Å². The van der Waals surface area contributed by atoms with Crippen LogP contribution in [0.3, 0.4) is 0 Å². The molecule has 4 aromatic carbocycles. The van der Waals surface area contributed by atoms with E-state index in [1.54, 1.807) is 60.7 Å². The number of esters is 1. The number of ether oxygens (including phenoxy) is 1. The zero-order valence-corrected chi connectivity index (χ0v) is 22.7. The second-order valence-corrected chi connectivity index (χ2v) is 9.78. The van der Waals surface area contributed by atoms with Gasteiger partial charge in [0, 0.05) is 0 Å². The van der Waals surface area contributed by atoms with E-state index in [2.05, 4.69) is 34.9 Å². The number of benzene rings is 4. The molecular formula is C27H24N8O5S. The minimum atomic E-state index is -4.14. The fourth-order valence-corrected chi connectivity index (χ4v) is 4.30. The van der Waals surface area contributed by atoms with E-state index in [0.29, 0.717) is 11.4 Å². The maximum atomic E-state index is 13.0. The third-order valence-electron chi connectivity index (χ3n) is 5.54. The summed E-state index contributed by atoms with van der Waals surface area (Å²) in [5, 5.41) is 25.0. The van der Waals surface area contributed by atoms with Gasteiger partial charge in [-0.1, -0.05) is 48.5 Å². The predicted molar refractivity (Wildman–Crippen MR) is 153 cm³/mol. The number of carbonyl (C=O) groups excluding carboxylic acids is 1. The van der Waals surface area contributed by atoms with Crippen molar-refractivity contribution in [3.8, 4) is 0 Å². The number of nitrogen functional groups attached to an aromatic ring is 2. The molecule has 0 fully saturated rings. The van der Waals surface area contributed by atoms with Crippen LogP contribution in [0.2, 0.25) is 0 Å². The van der Waals surface area contributed by atoms with Crippen molar-refractivity contribution < 1.29 is 22.1 Å². The van der Waals surface area contributed by atoms with Crippen LogP contribution in [0.1, 0.15) is 10.4 Å². The molecule has 0 unspecified atom stereocenters. The molecule has 0 amide bonds. The van der Waals surface area contributed by atoms with Gasteiger partial charge in [-0.25, -0.2) is 4.79 Å². The molecule has 4 N–H and O–H groups in total. The molecule has 4 aromatic rings. The van der Waals surface area contributed by atoms with Crippen molar-refractivity contribution in [3.05, 3.63) is 90.5 Å². The molecule has 0 atom stereocenters. The fourth-order valence-electron chi connectivity index (χ4n) is 3.51. The first kappa shape index (κ1) is 28.7. The molecule has 0 saturated heterocycles. The lowest BCUT2D eigenvalue weighted by atomic mass is 10.1. The third kappa shape index (κ3) is 6.46. The van der Waals surface area contributed by atoms with Crippen molar-refractivity contribution in [1.29, 1.82) is 0 Å². The highest BCUT2D eigenvalue weighted by Gasteiger charge is 2.28. The molecule has 0 bridgehead atoms. The Kier molecular flexibility index (Phi) is 8.86. The topological polar surface area (TPSA) is 196 Å². The van der Waals surface area contributed by atoms with Crippen molar-refractivity contribution in [2.45, 2.75) is 4.90 Å². The number of azo groups is 3. The lowest BCUT2D eigenvalue weighted by Crippen LogP contribution is -2.06. The molecule has 208 valence electrons. The maximum Gasteiger partial charge on any atom is 0.342 e. The van der Waals surface area contributed by atoms with E-state index in [0.717, 1.165) is 14.2 Å². The summed E-state index contributed by atoms with van der Waals surface area (Å²) < 4.78 is 34.4. The molecule has 4 rings (SSSR count). The van der Waals surface area contributed by atoms with E-state index < -0.39 is 16.1 Å². The van der Waals surface area contributed by atoms with E-state index in [4.69, 9.17) is 16.2 Å². The number of nitrogens with two attached hydrogens (primary N) is 2. The molecule has 0 aliphatic rings. The lowest BCUT2D eigenvalue weighted by Gasteiger charge is -2.14. The zero-order valence-electron chi connectivity index (χ0n) is 21.9. The van der Waals surface area contributed by atoms with Crippen LogP contribution in [0.25, 0.3) is 0 Å². The predicted octanol–water partition coefficient (Wildman–Crippen LogP) is 7.22. The summed E-state index contributed by atoms with van der Waals surface area (Å²) in [6, 6.07) is 23.2. The minimum absolute atomic E-state index is 0.0599. The normalized spacial score (nSPS) is 12.0. The van der Waals surface area contributed by atoms with Crippen LogP contribution in [-0.4, -0.2) is 28.6 Å². The van der Waals surface area contributed by atoms with Crippen LogP contribution in [0.4, 0.5) is 45.5 Å². The number of rotatable bonds is 9. The highest BCUT2D eigenvalue weighted by atomic mass is 32.2. The minimum Gasteiger partial charge on any atom is -0.465 e. The van der Waals surface area contributed by atoms with Gasteiger partial charge in [-0.2, -0.15) is 18.6 Å². The van der Waals surface area contributed by atoms with Gasteiger partial charge in [0.15, 0.2) is 0 Å². The highest BCUT2D eigenvalue weighted by Crippen LogP contribution is 2.49. The van der Waals surface area contributed by atoms with E-state index in [1.165, 1.54) is 18.2 Å². The lowest BCUT2D eigenvalue weighted by molar-refractivity contribution is 0.0602. The van der Waals surface area contributed by atoms with Gasteiger partial charge in [0.05, 0.1) is 37.0 Å². The summed E-state index contributed by atoms with van der Waals surface area (Å²) in [5.41, 5.74) is 12.7. The number of carbonyl (C=O) groups is 1. The Labute approximate surface area is 235 Å². The molecule has 0 aliphatic heterocycles. The van der Waals surface area contributed by atoms with Crippen molar-refractivity contribution in [1.82, 2.24) is 0 Å². The molecule has 41 heavy (non-hydrogen) atoms. The number of hydrogen-bond donors (Lipinski definition) is 2. The smallest absolute Gasteiger partial charge is 0.342 e. The second kappa shape index (κ2) is 12.7. The van der Waals surface area contributed by atoms with Crippen molar-refractivity contribution in [2.24, 2.45) is 30.7 Å². The number of hydrogen-bond acceptors (Lipinski definition) is 13. The third-order valence-corrected chi connectivity index (χ3v) is 6.86. The van der Waals surface area contributed by atoms with E-state index in [1.807, 2.05) is 6.07 Å². The summed E-state index contributed by atoms with van der Waals surface area (Å²) in [6.07, 6.45) is 0. The average Bonchev–Trinajstić information content (AvgIpc) is 3.00. The van der Waals surface area contributed by atoms with Gasteiger partial charge in [0.25, 0.3) is 10.1 Å². The SMILES string of the molecule is COC(=O)c1c(N=Nc2ccccc2)c(N)c(N=Nc2ccccc2)c(N)c1N=Nc1ccccc1S(=O)(=O)OC. The van der Waals surface area contributed by atoms with Gasteiger partial charge in [-0.05, 0) is 36.4 Å². The Morgan fingerprint density at radius 1 is 0.634 bits per heavy atom. The molecular weight excluding hydrogens is 548 g/mol. The van der Waals surface area contributed by atoms with Gasteiger partial charge >= 0.3 is 5.97 Å². The molecule has 0 aliphatic carbocycles. The number of nitrogens with zero attached hydrogens (tertiary/aromatic N) is 6. The first-order valence-electron chi connectivity index (χ1n) is 11.8. The van der Waals surface area contributed by atoms with Crippen LogP contribution in [0.15, 0.2) is 121 Å². The average molecular weight is 573 g/mol. The van der Waals surface area contributed by atoms with Crippen LogP contribution in [0, 0.1) is 0 Å². The molecule has 0 heterocycles. The van der Waals surface area contributed by atoms with Gasteiger partial charge in [0.2, 0.25) is 0 Å². The Morgan fingerprint density at radius 2 is 1.10 bits per heavy atom. The fraction of sp³-hybridized carbons (Fsp3) is 0.0741. The summed E-state index contributed by atoms with van der Waals surface area (Å²) in [6.45, 7) is 0. The Hall–Kier alpha value is -5.34. The van der Waals surface area contributed by atoms with E-state index in [-0.39, 0.29) is 44.6 Å². The summed E-state index contributed by atoms with van der Waals surface area (Å²) >= 11 is 0. The summed E-state index contributed by atoms with van der Waals surface area (Å²) in [7, 11) is -1.97. The molecule has 0 saturated carbocycles. The van der Waals surface area contributed by atoms with Crippen molar-refractivity contribution >= 4 is 61.6 Å². The van der Waals surface area contributed by atoms with Crippen LogP contribution in [-0.2, 0) is 19.0 Å². The Morgan fingerprint density at radius 3 is 1.61 bits per heavy atom. The van der Waals surface area contributed by atoms with Crippen molar-refractivity contribution in [2.75, 3.05) is 25.7 Å². The van der Waals surface area contributed by atoms with Crippen molar-refractivity contribution in [3.63, 3.8) is 0 Å². The zero-order chi connectivity index (χ0) is 29.4. The second-order valence-electron chi connectivity index (χ2n) is 8.10. The molecule has 13 nitrogen and oxygen atoms in total. The van der Waals surface area contributed by atoms with E-state index in [9.17, 15) is 13.2 Å². The van der Waals surface area contributed by atoms with Crippen LogP contribution < -0.4 is 11.5 Å². The Bertz CT molecular complexity index is 1760. The van der Waals surface area contributed by atoms with Gasteiger partial charge in [-0.3, -0.25) is 4.18 Å².